The third-order valence-electron chi connectivity index (χ3n) is 20.3. The number of carboxylic acids is 3. The second-order valence-corrected chi connectivity index (χ2v) is 32.8. The number of thioether (sulfide) groups is 3. The van der Waals surface area contributed by atoms with Crippen LogP contribution in [0, 0.1) is 62.5 Å². The number of halogens is 4. The van der Waals surface area contributed by atoms with Crippen molar-refractivity contribution in [3.8, 4) is 41.8 Å². The number of piperidine rings is 5. The monoisotopic (exact) mass is 1790 g/mol. The summed E-state index contributed by atoms with van der Waals surface area (Å²) in [5, 5.41) is 120. The zero-order valence-electron chi connectivity index (χ0n) is 69.7. The maximum Gasteiger partial charge on any atom is 0.490 e. The van der Waals surface area contributed by atoms with E-state index in [1.807, 2.05) is 152 Å². The number of methoxy groups -OCH3 is 2. The molecule has 38 heteroatoms. The number of rotatable bonds is 20. The van der Waals surface area contributed by atoms with Gasteiger partial charge in [0.1, 0.15) is 27.4 Å². The number of H-pyrrole nitrogens is 1. The van der Waals surface area contributed by atoms with Gasteiger partial charge in [-0.15, -0.1) is 43.9 Å². The van der Waals surface area contributed by atoms with E-state index >= 15 is 0 Å². The van der Waals surface area contributed by atoms with Gasteiger partial charge in [0.05, 0.1) is 104 Å². The number of nitrogens with one attached hydrogen (secondary N) is 2. The molecule has 5 aliphatic heterocycles. The molecule has 8 heterocycles. The Morgan fingerprint density at radius 2 is 0.764 bits per heavy atom. The molecule has 0 atom stereocenters. The second-order valence-electron chi connectivity index (χ2n) is 29.0. The van der Waals surface area contributed by atoms with Crippen molar-refractivity contribution < 1.29 is 76.5 Å². The first-order valence-corrected chi connectivity index (χ1v) is 43.2. The van der Waals surface area contributed by atoms with Crippen molar-refractivity contribution in [2.24, 2.45) is 0 Å². The summed E-state index contributed by atoms with van der Waals surface area (Å²) in [6.07, 6.45) is 3.91. The highest BCUT2D eigenvalue weighted by Gasteiger charge is 2.38. The summed E-state index contributed by atoms with van der Waals surface area (Å²) >= 11 is 4.67. The molecule has 5 saturated heterocycles. The van der Waals surface area contributed by atoms with Gasteiger partial charge < -0.3 is 64.7 Å². The number of carboxylic acid groups (broad SMARTS) is 3. The summed E-state index contributed by atoms with van der Waals surface area (Å²) in [7, 11) is 3.26. The first kappa shape index (κ1) is 97.5. The number of aliphatic hydroxyl groups excluding tert-OH is 2. The van der Waals surface area contributed by atoms with Gasteiger partial charge in [0.15, 0.2) is 5.03 Å². The molecule has 0 radical (unpaired) electrons. The molecule has 31 nitrogen and oxygen atoms in total. The van der Waals surface area contributed by atoms with Gasteiger partial charge >= 0.3 is 30.1 Å². The normalized spacial score (nSPS) is 14.8. The third kappa shape index (κ3) is 30.8. The van der Waals surface area contributed by atoms with Gasteiger partial charge in [0.2, 0.25) is 17.1 Å². The van der Waals surface area contributed by atoms with E-state index in [0.29, 0.717) is 61.5 Å². The number of ether oxygens (including phenoxy) is 3. The van der Waals surface area contributed by atoms with Crippen LogP contribution in [0.15, 0.2) is 185 Å². The lowest BCUT2D eigenvalue weighted by atomic mass is 10.1. The molecule has 7 aromatic carbocycles. The number of hydrogen-bond acceptors (Lipinski definition) is 28. The van der Waals surface area contributed by atoms with Crippen LogP contribution in [-0.4, -0.2) is 215 Å². The number of esters is 1. The molecular formula is C89H95F4N19O12S3. The van der Waals surface area contributed by atoms with Gasteiger partial charge in [-0.25, -0.2) is 32.9 Å². The number of aliphatic carboxylic acids is 1. The molecule has 664 valence electrons. The first-order valence-electron chi connectivity index (χ1n) is 40.5. The largest absolute Gasteiger partial charge is 0.497 e. The lowest BCUT2D eigenvalue weighted by molar-refractivity contribution is -0.192. The predicted octanol–water partition coefficient (Wildman–Crippen LogP) is 13.5. The zero-order chi connectivity index (χ0) is 91.2. The van der Waals surface area contributed by atoms with Gasteiger partial charge in [-0.3, -0.25) is 0 Å². The number of aromatic nitrogens is 9. The van der Waals surface area contributed by atoms with Gasteiger partial charge in [-0.2, -0.15) is 44.7 Å². The summed E-state index contributed by atoms with van der Waals surface area (Å²) < 4.78 is 63.0. The van der Waals surface area contributed by atoms with Crippen molar-refractivity contribution in [2.75, 3.05) is 106 Å². The molecule has 0 aliphatic carbocycles. The number of carbonyl (C=O) groups excluding carboxylic acids is 1. The number of anilines is 4. The Morgan fingerprint density at radius 3 is 1.07 bits per heavy atom. The maximum absolute atomic E-state index is 12.5. The number of hydrogen-bond donors (Lipinski definition) is 7. The minimum atomic E-state index is -5.08. The van der Waals surface area contributed by atoms with E-state index in [9.17, 15) is 42.2 Å². The summed E-state index contributed by atoms with van der Waals surface area (Å²) in [4.78, 5) is 53.4. The van der Waals surface area contributed by atoms with E-state index in [4.69, 9.17) is 60.6 Å². The molecule has 5 fully saturated rings. The number of aromatic carboxylic acids is 2. The third-order valence-corrected chi connectivity index (χ3v) is 24.5. The fraction of sp³-hybridized carbons (Fsp3) is 0.360. The van der Waals surface area contributed by atoms with Gasteiger partial charge in [0, 0.05) is 90.9 Å². The molecule has 0 bridgehead atoms. The SMILES string of the molecule is CCOC(=O)c1nnn(Cc2ccc(OC)cc2)c1SC1CCN(c2ccc(C#N)cc2)CC1.COc1ccc(Cn2nnc(C(=O)O)c2SC2CCN(c3ccc(C#N)cc3)CC2)cc1.N#Cc1ccc(F)cc1.N#Cc1ccc(N2CCC(O)CC2)cc1.N#Cc1ccc(N2CCC(Sc3n[nH]nc3C(=O)O)CC2)cc1.O=C(O)C(F)(F)F.OC1CCNCC1. The lowest BCUT2D eigenvalue weighted by Gasteiger charge is -2.33. The molecule has 15 rings (SSSR count). The lowest BCUT2D eigenvalue weighted by Crippen LogP contribution is -2.35. The van der Waals surface area contributed by atoms with Crippen molar-refractivity contribution >= 4 is 81.9 Å². The topological polar surface area (TPSA) is 444 Å². The highest BCUT2D eigenvalue weighted by Crippen LogP contribution is 2.38. The van der Waals surface area contributed by atoms with Crippen LogP contribution in [-0.2, 0) is 22.6 Å². The van der Waals surface area contributed by atoms with Crippen LogP contribution in [0.5, 0.6) is 11.5 Å². The van der Waals surface area contributed by atoms with Crippen LogP contribution in [0.2, 0.25) is 0 Å². The zero-order valence-corrected chi connectivity index (χ0v) is 72.2. The van der Waals surface area contributed by atoms with Crippen LogP contribution < -0.4 is 34.4 Å². The van der Waals surface area contributed by atoms with E-state index in [-0.39, 0.29) is 47.0 Å². The fourth-order valence-electron chi connectivity index (χ4n) is 13.4. The maximum atomic E-state index is 12.5. The molecule has 10 aromatic rings. The number of carbonyl (C=O) groups is 4. The molecule has 0 saturated carbocycles. The predicted molar refractivity (Wildman–Crippen MR) is 469 cm³/mol. The molecule has 0 spiro atoms. The Labute approximate surface area is 744 Å². The Bertz CT molecular complexity index is 5360. The Morgan fingerprint density at radius 1 is 0.449 bits per heavy atom. The molecule has 0 unspecified atom stereocenters. The van der Waals surface area contributed by atoms with Crippen LogP contribution in [0.1, 0.15) is 142 Å². The number of aromatic amines is 1. The molecule has 127 heavy (non-hydrogen) atoms. The number of benzene rings is 7. The first-order chi connectivity index (χ1) is 61.3. The summed E-state index contributed by atoms with van der Waals surface area (Å²) in [5.74, 6) is -4.08. The molecule has 5 aliphatic rings. The van der Waals surface area contributed by atoms with Gasteiger partial charge in [-0.1, -0.05) is 46.5 Å². The average Bonchev–Trinajstić information content (AvgIpc) is 1.69. The minimum Gasteiger partial charge on any atom is -0.497 e. The van der Waals surface area contributed by atoms with E-state index in [1.165, 1.54) is 36.0 Å². The van der Waals surface area contributed by atoms with E-state index in [0.717, 1.165) is 180 Å². The highest BCUT2D eigenvalue weighted by molar-refractivity contribution is 8.00. The van der Waals surface area contributed by atoms with Crippen molar-refractivity contribution in [3.05, 3.63) is 232 Å². The number of alkyl halides is 3. The van der Waals surface area contributed by atoms with Gasteiger partial charge in [0.25, 0.3) is 0 Å². The second kappa shape index (κ2) is 50.0. The summed E-state index contributed by atoms with van der Waals surface area (Å²) in [6, 6.07) is 61.7. The summed E-state index contributed by atoms with van der Waals surface area (Å²) in [5.41, 5.74) is 9.92. The van der Waals surface area contributed by atoms with Crippen LogP contribution >= 0.6 is 35.3 Å². The number of nitriles is 5. The molecular weight excluding hydrogens is 1700 g/mol. The standard InChI is InChI=1S/C25H27N5O3S.C23H23N5O3S.C15H15N5O2S.C12H14N2O.C7H4FN.C5H11NO.C2HF3O2/c1-3-33-25(31)23-24(30(28-27-23)17-19-6-10-21(32-2)11-7-19)34-22-12-14-29(15-13-22)20-8-4-18(16-26)5-9-20;1-31-19-8-4-17(5-9-19)15-28-22(21(23(29)30)25-26-28)32-20-10-12-27(13-11-20)18-6-2-16(14-24)3-7-18;16-9-10-1-3-11(4-2-10)20-7-5-12(6-8-20)23-14-13(15(21)22)17-19-18-14;13-9-10-1-3-11(4-2-10)14-7-5-12(15)6-8-14;8-7-3-1-6(5-9)2-4-7;7-5-1-3-6-4-2-5;3-2(4,5)1(6)7/h4-11,22H,3,12-15,17H2,1-2H3;2-9,20H,10-13,15H2,1H3,(H,29,30);1-4,12H,5-8H2,(H,21,22)(H,17,18,19);1-4,12,15H,5-8H2;1-4H;5-7H,1-4H2;(H,6,7). The van der Waals surface area contributed by atoms with Crippen molar-refractivity contribution in [2.45, 2.75) is 133 Å². The van der Waals surface area contributed by atoms with Crippen molar-refractivity contribution in [1.82, 2.24) is 50.7 Å². The highest BCUT2D eigenvalue weighted by atomic mass is 32.2. The van der Waals surface area contributed by atoms with E-state index < -0.39 is 30.1 Å². The van der Waals surface area contributed by atoms with Crippen LogP contribution in [0.4, 0.5) is 40.3 Å². The molecule has 7 N–H and O–H groups in total. The molecule has 3 aromatic heterocycles. The van der Waals surface area contributed by atoms with Crippen molar-refractivity contribution in [1.29, 1.82) is 26.3 Å². The van der Waals surface area contributed by atoms with Crippen LogP contribution in [0.25, 0.3) is 0 Å². The Kier molecular flexibility index (Phi) is 38.4. The van der Waals surface area contributed by atoms with Gasteiger partial charge in [-0.05, 0) is 241 Å². The van der Waals surface area contributed by atoms with Crippen molar-refractivity contribution in [3.63, 3.8) is 0 Å². The minimum absolute atomic E-state index is 0.00182. The number of nitrogens with zero attached hydrogens (tertiary/aromatic N) is 17. The molecule has 0 amide bonds. The Balaban J connectivity index is 0.000000180. The smallest absolute Gasteiger partial charge is 0.490 e. The quantitative estimate of drug-likeness (QED) is 0.0275. The van der Waals surface area contributed by atoms with Crippen LogP contribution in [0.3, 0.4) is 0 Å². The number of aliphatic hydroxyl groups is 2. The summed E-state index contributed by atoms with van der Waals surface area (Å²) in [6.45, 7) is 12.1. The van der Waals surface area contributed by atoms with E-state index in [1.54, 1.807) is 54.0 Å². The van der Waals surface area contributed by atoms with E-state index in [2.05, 4.69) is 85.2 Å². The fourth-order valence-corrected chi connectivity index (χ4v) is 16.9. The Hall–Kier alpha value is -13.3. The average molecular weight is 1800 g/mol.